The van der Waals surface area contributed by atoms with Crippen molar-refractivity contribution in [3.05, 3.63) is 0 Å². The third-order valence-corrected chi connectivity index (χ3v) is 3.17. The maximum absolute atomic E-state index is 11.5. The molecule has 3 N–H and O–H groups in total. The summed E-state index contributed by atoms with van der Waals surface area (Å²) in [6.07, 6.45) is 0.591. The summed E-state index contributed by atoms with van der Waals surface area (Å²) < 4.78 is 0. The average molecular weight is 213 g/mol. The van der Waals surface area contributed by atoms with Crippen molar-refractivity contribution in [3.63, 3.8) is 0 Å². The molecule has 2 atom stereocenters. The molecule has 0 spiro atoms. The van der Waals surface area contributed by atoms with Crippen LogP contribution >= 0.6 is 0 Å². The number of nitrogens with one attached hydrogen (secondary N) is 1. The second-order valence-corrected chi connectivity index (χ2v) is 4.75. The summed E-state index contributed by atoms with van der Waals surface area (Å²) in [6, 6.07) is 0.618. The van der Waals surface area contributed by atoms with Gasteiger partial charge in [-0.25, -0.2) is 0 Å². The molecular formula is C11H23N3O. The summed E-state index contributed by atoms with van der Waals surface area (Å²) in [5.41, 5.74) is 5.66. The van der Waals surface area contributed by atoms with E-state index in [1.807, 2.05) is 0 Å². The Labute approximate surface area is 92.2 Å². The molecule has 1 aliphatic heterocycles. The van der Waals surface area contributed by atoms with Crippen molar-refractivity contribution >= 4 is 5.91 Å². The van der Waals surface area contributed by atoms with E-state index in [1.54, 1.807) is 0 Å². The molecule has 88 valence electrons. The number of amides is 1. The van der Waals surface area contributed by atoms with E-state index in [4.69, 9.17) is 5.73 Å². The van der Waals surface area contributed by atoms with Crippen molar-refractivity contribution in [1.82, 2.24) is 10.2 Å². The van der Waals surface area contributed by atoms with Gasteiger partial charge in [0.2, 0.25) is 5.91 Å². The van der Waals surface area contributed by atoms with Crippen LogP contribution < -0.4 is 11.1 Å². The lowest BCUT2D eigenvalue weighted by atomic mass is 10.0. The molecule has 1 rings (SSSR count). The van der Waals surface area contributed by atoms with E-state index in [-0.39, 0.29) is 11.9 Å². The molecule has 0 aromatic carbocycles. The summed E-state index contributed by atoms with van der Waals surface area (Å²) >= 11 is 0. The van der Waals surface area contributed by atoms with Crippen molar-refractivity contribution < 1.29 is 4.79 Å². The highest BCUT2D eigenvalue weighted by Gasteiger charge is 2.25. The average Bonchev–Trinajstić information content (AvgIpc) is 2.39. The maximum Gasteiger partial charge on any atom is 0.221 e. The Hall–Kier alpha value is -0.610. The van der Waals surface area contributed by atoms with Crippen LogP contribution in [-0.4, -0.2) is 42.5 Å². The Bertz CT molecular complexity index is 218. The third kappa shape index (κ3) is 3.47. The first kappa shape index (κ1) is 12.5. The molecule has 0 saturated carbocycles. The first-order valence-electron chi connectivity index (χ1n) is 5.78. The van der Waals surface area contributed by atoms with E-state index in [9.17, 15) is 4.79 Å². The molecule has 1 aliphatic rings. The van der Waals surface area contributed by atoms with Crippen LogP contribution in [0.2, 0.25) is 0 Å². The van der Waals surface area contributed by atoms with Gasteiger partial charge in [-0.1, -0.05) is 13.8 Å². The van der Waals surface area contributed by atoms with Crippen molar-refractivity contribution in [1.29, 1.82) is 0 Å². The van der Waals surface area contributed by atoms with Crippen LogP contribution in [0.25, 0.3) is 0 Å². The Balaban J connectivity index is 2.64. The van der Waals surface area contributed by atoms with Gasteiger partial charge in [0.1, 0.15) is 0 Å². The van der Waals surface area contributed by atoms with Crippen LogP contribution in [0.15, 0.2) is 0 Å². The summed E-state index contributed by atoms with van der Waals surface area (Å²) in [5.74, 6) is 0.639. The number of nitrogens with zero attached hydrogens (tertiary/aromatic N) is 1. The van der Waals surface area contributed by atoms with Gasteiger partial charge in [0.25, 0.3) is 0 Å². The summed E-state index contributed by atoms with van der Waals surface area (Å²) in [7, 11) is 0. The van der Waals surface area contributed by atoms with E-state index in [0.717, 1.165) is 13.1 Å². The Morgan fingerprint density at radius 1 is 1.53 bits per heavy atom. The number of carbonyl (C=O) groups is 1. The summed E-state index contributed by atoms with van der Waals surface area (Å²) in [6.45, 7) is 8.80. The van der Waals surface area contributed by atoms with Gasteiger partial charge in [0, 0.05) is 38.1 Å². The third-order valence-electron chi connectivity index (χ3n) is 3.17. The summed E-state index contributed by atoms with van der Waals surface area (Å²) in [4.78, 5) is 13.8. The molecule has 15 heavy (non-hydrogen) atoms. The molecule has 4 heteroatoms. The molecular weight excluding hydrogens is 190 g/mol. The van der Waals surface area contributed by atoms with Crippen LogP contribution in [0.4, 0.5) is 0 Å². The minimum absolute atomic E-state index is 0.167. The molecule has 0 aliphatic carbocycles. The Kier molecular flexibility index (Phi) is 4.54. The largest absolute Gasteiger partial charge is 0.352 e. The zero-order valence-corrected chi connectivity index (χ0v) is 9.99. The highest BCUT2D eigenvalue weighted by molar-refractivity contribution is 5.76. The molecule has 1 fully saturated rings. The monoisotopic (exact) mass is 213 g/mol. The van der Waals surface area contributed by atoms with Crippen LogP contribution in [0.1, 0.15) is 27.2 Å². The minimum Gasteiger partial charge on any atom is -0.352 e. The number of hydrogen-bond acceptors (Lipinski definition) is 3. The quantitative estimate of drug-likeness (QED) is 0.703. The van der Waals surface area contributed by atoms with Crippen molar-refractivity contribution in [2.24, 2.45) is 11.7 Å². The number of rotatable bonds is 3. The van der Waals surface area contributed by atoms with E-state index < -0.39 is 0 Å². The number of nitrogens with two attached hydrogens (primary N) is 1. The van der Waals surface area contributed by atoms with Crippen molar-refractivity contribution in [2.75, 3.05) is 19.6 Å². The predicted molar refractivity (Wildman–Crippen MR) is 61.5 cm³/mol. The van der Waals surface area contributed by atoms with Gasteiger partial charge in [0.15, 0.2) is 0 Å². The van der Waals surface area contributed by atoms with Gasteiger partial charge < -0.3 is 11.1 Å². The van der Waals surface area contributed by atoms with Crippen LogP contribution in [0, 0.1) is 5.92 Å². The molecule has 4 nitrogen and oxygen atoms in total. The first-order valence-corrected chi connectivity index (χ1v) is 5.78. The fraction of sp³-hybridized carbons (Fsp3) is 0.909. The smallest absolute Gasteiger partial charge is 0.221 e. The number of hydrogen-bond donors (Lipinski definition) is 2. The van der Waals surface area contributed by atoms with E-state index in [2.05, 4.69) is 31.0 Å². The normalized spacial score (nSPS) is 26.2. The standard InChI is InChI=1S/C11H23N3O/c1-8(2)10-7-14(9(3)6-12)5-4-11(15)13-10/h8-10H,4-7,12H2,1-3H3,(H,13,15). The lowest BCUT2D eigenvalue weighted by Gasteiger charge is -2.30. The van der Waals surface area contributed by atoms with E-state index >= 15 is 0 Å². The molecule has 0 bridgehead atoms. The fourth-order valence-corrected chi connectivity index (χ4v) is 1.84. The van der Waals surface area contributed by atoms with E-state index in [1.165, 1.54) is 0 Å². The highest BCUT2D eigenvalue weighted by Crippen LogP contribution is 2.11. The van der Waals surface area contributed by atoms with Gasteiger partial charge in [-0.3, -0.25) is 9.69 Å². The lowest BCUT2D eigenvalue weighted by Crippen LogP contribution is -2.46. The van der Waals surface area contributed by atoms with Gasteiger partial charge in [-0.15, -0.1) is 0 Å². The van der Waals surface area contributed by atoms with Crippen LogP contribution in [-0.2, 0) is 4.79 Å². The molecule has 0 radical (unpaired) electrons. The summed E-state index contributed by atoms with van der Waals surface area (Å²) in [5, 5.41) is 3.07. The Morgan fingerprint density at radius 2 is 2.20 bits per heavy atom. The first-order chi connectivity index (χ1) is 7.04. The zero-order valence-electron chi connectivity index (χ0n) is 9.99. The maximum atomic E-state index is 11.5. The molecule has 1 saturated heterocycles. The minimum atomic E-state index is 0.167. The predicted octanol–water partition coefficient (Wildman–Crippen LogP) is 0.180. The fourth-order valence-electron chi connectivity index (χ4n) is 1.84. The topological polar surface area (TPSA) is 58.4 Å². The SMILES string of the molecule is CC(C)C1CN(C(C)CN)CCC(=O)N1. The molecule has 2 unspecified atom stereocenters. The molecule has 0 aromatic rings. The van der Waals surface area contributed by atoms with E-state index in [0.29, 0.717) is 24.9 Å². The van der Waals surface area contributed by atoms with Crippen molar-refractivity contribution in [2.45, 2.75) is 39.3 Å². The van der Waals surface area contributed by atoms with Crippen molar-refractivity contribution in [3.8, 4) is 0 Å². The Morgan fingerprint density at radius 3 is 2.73 bits per heavy atom. The van der Waals surface area contributed by atoms with Crippen LogP contribution in [0.5, 0.6) is 0 Å². The van der Waals surface area contributed by atoms with Gasteiger partial charge in [-0.05, 0) is 12.8 Å². The number of carbonyl (C=O) groups excluding carboxylic acids is 1. The van der Waals surface area contributed by atoms with Gasteiger partial charge in [0.05, 0.1) is 0 Å². The lowest BCUT2D eigenvalue weighted by molar-refractivity contribution is -0.121. The van der Waals surface area contributed by atoms with Crippen LogP contribution in [0.3, 0.4) is 0 Å². The molecule has 0 aromatic heterocycles. The van der Waals surface area contributed by atoms with Gasteiger partial charge in [-0.2, -0.15) is 0 Å². The molecule has 1 amide bonds. The second kappa shape index (κ2) is 5.47. The molecule has 1 heterocycles. The van der Waals surface area contributed by atoms with Gasteiger partial charge >= 0.3 is 0 Å². The zero-order chi connectivity index (χ0) is 11.4. The highest BCUT2D eigenvalue weighted by atomic mass is 16.1. The second-order valence-electron chi connectivity index (χ2n) is 4.75.